The van der Waals surface area contributed by atoms with Gasteiger partial charge in [-0.1, -0.05) is 0 Å². The normalized spacial score (nSPS) is 40.2. The maximum atomic E-state index is 12.3. The van der Waals surface area contributed by atoms with Crippen LogP contribution < -0.4 is 9.44 Å². The third-order valence-electron chi connectivity index (χ3n) is 7.10. The van der Waals surface area contributed by atoms with Crippen molar-refractivity contribution in [1.82, 2.24) is 9.44 Å². The Bertz CT molecular complexity index is 1660. The molecule has 3 aliphatic rings. The van der Waals surface area contributed by atoms with E-state index in [9.17, 15) is 83.3 Å². The molecule has 3 saturated heterocycles. The fourth-order valence-electron chi connectivity index (χ4n) is 5.02. The molecular weight excluding hydrogens is 804 g/mol. The Kier molecular flexibility index (Phi) is 14.2. The molecule has 0 aromatic rings. The summed E-state index contributed by atoms with van der Waals surface area (Å²) < 4.78 is 165. The lowest BCUT2D eigenvalue weighted by Crippen LogP contribution is -2.69. The summed E-state index contributed by atoms with van der Waals surface area (Å²) in [4.78, 5) is 12.3. The van der Waals surface area contributed by atoms with Gasteiger partial charge in [-0.05, 0) is 0 Å². The first-order valence-electron chi connectivity index (χ1n) is 13.4. The minimum atomic E-state index is -5.74. The number of aliphatic hydroxyl groups excluding tert-OH is 6. The highest BCUT2D eigenvalue weighted by Crippen LogP contribution is 2.34. The van der Waals surface area contributed by atoms with Crippen molar-refractivity contribution in [1.29, 1.82) is 0 Å². The van der Waals surface area contributed by atoms with Gasteiger partial charge in [-0.15, -0.1) is 0 Å². The van der Waals surface area contributed by atoms with Gasteiger partial charge in [0.2, 0.25) is 0 Å². The molecule has 0 aliphatic carbocycles. The van der Waals surface area contributed by atoms with E-state index in [0.717, 1.165) is 0 Å². The van der Waals surface area contributed by atoms with Crippen molar-refractivity contribution in [2.24, 2.45) is 0 Å². The Morgan fingerprint density at radius 1 is 0.627 bits per heavy atom. The molecule has 3 heterocycles. The predicted octanol–water partition coefficient (Wildman–Crippen LogP) is -9.03. The standard InChI is InChI=1S/C18H32N2O27S4/c21-1-3-11(9(24)5(16(28)42-3)19-48(29,30)31)44-18-13(47-51(38,39)40)10(25)12(14(46-18)15(26)27)45-17-6(20-49(32,33)34)8(23)7(22)4(43-17)2-41-50(35,36)37/h3-14,16-25,28H,1-2H2,(H,26,27)(H,29,30,31)(H,32,33,34)(H,35,36,37)(H,38,39,40)/t3-,4-,5-,6-,7-,8-,9-,10+,11-,12+,13-,14-,16+,17-,18-/m1/s1. The summed E-state index contributed by atoms with van der Waals surface area (Å²) in [5, 5.41) is 72.4. The van der Waals surface area contributed by atoms with Gasteiger partial charge in [-0.25, -0.2) is 13.2 Å². The minimum absolute atomic E-state index is 1.19. The lowest BCUT2D eigenvalue weighted by Gasteiger charge is -2.48. The van der Waals surface area contributed by atoms with Crippen molar-refractivity contribution >= 4 is 47.4 Å². The Balaban J connectivity index is 2.03. The minimum Gasteiger partial charge on any atom is -0.479 e. The molecule has 13 N–H and O–H groups in total. The zero-order valence-electron chi connectivity index (χ0n) is 24.7. The summed E-state index contributed by atoms with van der Waals surface area (Å²) in [7, 11) is -21.6. The fraction of sp³-hybridized carbons (Fsp3) is 0.944. The van der Waals surface area contributed by atoms with Crippen LogP contribution in [0.4, 0.5) is 0 Å². The van der Waals surface area contributed by atoms with E-state index >= 15 is 0 Å². The highest BCUT2D eigenvalue weighted by atomic mass is 32.3. The third kappa shape index (κ3) is 12.0. The largest absolute Gasteiger partial charge is 0.479 e. The molecule has 51 heavy (non-hydrogen) atoms. The zero-order chi connectivity index (χ0) is 39.0. The number of aliphatic carboxylic acids is 1. The van der Waals surface area contributed by atoms with E-state index in [2.05, 4.69) is 8.37 Å². The summed E-state index contributed by atoms with van der Waals surface area (Å²) in [5.41, 5.74) is 0. The zero-order valence-corrected chi connectivity index (χ0v) is 27.9. The van der Waals surface area contributed by atoms with Gasteiger partial charge in [0.05, 0.1) is 13.2 Å². The van der Waals surface area contributed by atoms with Crippen molar-refractivity contribution in [2.75, 3.05) is 13.2 Å². The highest BCUT2D eigenvalue weighted by Gasteiger charge is 2.57. The first kappa shape index (κ1) is 43.9. The predicted molar refractivity (Wildman–Crippen MR) is 148 cm³/mol. The topological polar surface area (TPSA) is 465 Å². The number of carboxylic acids is 1. The van der Waals surface area contributed by atoms with Crippen LogP contribution in [0.15, 0.2) is 0 Å². The van der Waals surface area contributed by atoms with Crippen molar-refractivity contribution in [3.05, 3.63) is 0 Å². The molecular formula is C18H32N2O27S4. The second-order valence-electron chi connectivity index (χ2n) is 10.7. The molecule has 3 rings (SSSR count). The van der Waals surface area contributed by atoms with Crippen LogP contribution >= 0.6 is 0 Å². The van der Waals surface area contributed by atoms with Crippen LogP contribution in [0, 0.1) is 0 Å². The number of carbonyl (C=O) groups is 1. The lowest BCUT2D eigenvalue weighted by atomic mass is 9.95. The van der Waals surface area contributed by atoms with E-state index in [0.29, 0.717) is 0 Å². The number of ether oxygens (including phenoxy) is 5. The van der Waals surface area contributed by atoms with Gasteiger partial charge < -0.3 is 59.4 Å². The molecule has 33 heteroatoms. The van der Waals surface area contributed by atoms with E-state index in [1.54, 1.807) is 0 Å². The van der Waals surface area contributed by atoms with E-state index in [1.165, 1.54) is 9.44 Å². The van der Waals surface area contributed by atoms with Crippen LogP contribution in [-0.2, 0) is 78.3 Å². The third-order valence-corrected chi connectivity index (χ3v) is 9.14. The molecule has 0 aromatic carbocycles. The Morgan fingerprint density at radius 2 is 1.18 bits per heavy atom. The molecule has 3 fully saturated rings. The SMILES string of the molecule is O=C(O)[C@@H]1O[C@@H](O[C@H]2[C@H](O)[C@@H](NS(=O)(=O)O)[C@@H](O)O[C@@H]2CO)[C@H](OS(=O)(=O)O)[C@@H](O)[C@@H]1O[C@H]1O[C@H](COS(=O)(=O)O)[C@@H](O)[C@H](O)[C@H]1NS(=O)(=O)O. The lowest BCUT2D eigenvalue weighted by molar-refractivity contribution is -0.357. The van der Waals surface area contributed by atoms with Gasteiger partial charge in [0.25, 0.3) is 0 Å². The Labute approximate surface area is 286 Å². The van der Waals surface area contributed by atoms with E-state index < -0.39 is 153 Å². The highest BCUT2D eigenvalue weighted by molar-refractivity contribution is 7.84. The number of carboxylic acid groups (broad SMARTS) is 1. The maximum absolute atomic E-state index is 12.3. The monoisotopic (exact) mass is 836 g/mol. The second-order valence-corrected chi connectivity index (χ2v) is 15.2. The molecule has 300 valence electrons. The summed E-state index contributed by atoms with van der Waals surface area (Å²) in [5.74, 6) is -2.15. The van der Waals surface area contributed by atoms with Crippen LogP contribution in [0.3, 0.4) is 0 Å². The van der Waals surface area contributed by atoms with Crippen LogP contribution in [0.2, 0.25) is 0 Å². The Hall–Kier alpha value is -1.49. The van der Waals surface area contributed by atoms with Crippen LogP contribution in [-0.4, -0.2) is 199 Å². The van der Waals surface area contributed by atoms with E-state index in [-0.39, 0.29) is 0 Å². The fourth-order valence-corrected chi connectivity index (χ4v) is 7.01. The van der Waals surface area contributed by atoms with Gasteiger partial charge in [0.1, 0.15) is 60.9 Å². The van der Waals surface area contributed by atoms with Gasteiger partial charge in [-0.2, -0.15) is 43.1 Å². The molecule has 0 unspecified atom stereocenters. The average molecular weight is 837 g/mol. The number of aliphatic hydroxyl groups is 6. The average Bonchev–Trinajstić information content (AvgIpc) is 2.96. The van der Waals surface area contributed by atoms with Gasteiger partial charge in [0.15, 0.2) is 31.1 Å². The molecule has 15 atom stereocenters. The van der Waals surface area contributed by atoms with Gasteiger partial charge in [0, 0.05) is 0 Å². The van der Waals surface area contributed by atoms with Crippen molar-refractivity contribution in [3.63, 3.8) is 0 Å². The Morgan fingerprint density at radius 3 is 1.67 bits per heavy atom. The summed E-state index contributed by atoms with van der Waals surface area (Å²) in [6.07, 6.45) is -31.8. The number of hydrogen-bond acceptors (Lipinski definition) is 22. The molecule has 29 nitrogen and oxygen atoms in total. The van der Waals surface area contributed by atoms with Gasteiger partial charge >= 0.3 is 47.4 Å². The molecule has 0 amide bonds. The molecule has 0 bridgehead atoms. The number of rotatable bonds is 15. The summed E-state index contributed by atoms with van der Waals surface area (Å²) in [6.45, 7) is -2.55. The van der Waals surface area contributed by atoms with Crippen molar-refractivity contribution < 1.29 is 124 Å². The van der Waals surface area contributed by atoms with Crippen LogP contribution in [0.1, 0.15) is 0 Å². The molecule has 0 aromatic heterocycles. The number of hydrogen-bond donors (Lipinski definition) is 13. The van der Waals surface area contributed by atoms with E-state index in [4.69, 9.17) is 32.8 Å². The summed E-state index contributed by atoms with van der Waals surface area (Å²) >= 11 is 0. The van der Waals surface area contributed by atoms with Crippen molar-refractivity contribution in [2.45, 2.75) is 92.0 Å². The quantitative estimate of drug-likeness (QED) is 0.0681. The second kappa shape index (κ2) is 16.5. The summed E-state index contributed by atoms with van der Waals surface area (Å²) in [6, 6.07) is -4.61. The van der Waals surface area contributed by atoms with Crippen LogP contribution in [0.25, 0.3) is 0 Å². The molecule has 0 spiro atoms. The first-order chi connectivity index (χ1) is 23.1. The molecule has 0 radical (unpaired) electrons. The smallest absolute Gasteiger partial charge is 0.397 e. The first-order valence-corrected chi connectivity index (χ1v) is 19.0. The maximum Gasteiger partial charge on any atom is 0.397 e. The molecule has 0 saturated carbocycles. The van der Waals surface area contributed by atoms with E-state index in [1.807, 2.05) is 0 Å². The van der Waals surface area contributed by atoms with Crippen LogP contribution in [0.5, 0.6) is 0 Å². The molecule has 3 aliphatic heterocycles. The number of nitrogens with one attached hydrogen (secondary N) is 2. The van der Waals surface area contributed by atoms with Gasteiger partial charge in [-0.3, -0.25) is 18.2 Å². The van der Waals surface area contributed by atoms with Crippen molar-refractivity contribution in [3.8, 4) is 0 Å².